The number of hydrogen-bond donors (Lipinski definition) is 1. The molecule has 1 aliphatic rings. The number of aromatic nitrogens is 3. The van der Waals surface area contributed by atoms with Crippen molar-refractivity contribution in [2.24, 2.45) is 0 Å². The van der Waals surface area contributed by atoms with E-state index in [1.807, 2.05) is 38.1 Å². The molecule has 10 heteroatoms. The van der Waals surface area contributed by atoms with Gasteiger partial charge in [-0.25, -0.2) is 13.4 Å². The van der Waals surface area contributed by atoms with E-state index in [0.29, 0.717) is 23.1 Å². The first-order valence-electron chi connectivity index (χ1n) is 12.2. The normalized spacial score (nSPS) is 15.0. The summed E-state index contributed by atoms with van der Waals surface area (Å²) < 4.78 is 30.9. The minimum atomic E-state index is -3.62. The van der Waals surface area contributed by atoms with Crippen LogP contribution in [0.5, 0.6) is 0 Å². The summed E-state index contributed by atoms with van der Waals surface area (Å²) in [5, 5.41) is 8.07. The molecule has 36 heavy (non-hydrogen) atoms. The number of amides is 1. The van der Waals surface area contributed by atoms with E-state index in [1.54, 1.807) is 27.2 Å². The molecule has 0 aliphatic heterocycles. The van der Waals surface area contributed by atoms with Crippen LogP contribution in [0.1, 0.15) is 55.1 Å². The summed E-state index contributed by atoms with van der Waals surface area (Å²) in [6, 6.07) is 15.8. The minimum Gasteiger partial charge on any atom is -0.306 e. The van der Waals surface area contributed by atoms with Gasteiger partial charge in [0.15, 0.2) is 0 Å². The van der Waals surface area contributed by atoms with Gasteiger partial charge in [0.1, 0.15) is 5.82 Å². The van der Waals surface area contributed by atoms with Crippen LogP contribution in [-0.2, 0) is 10.0 Å². The number of sulfonamides is 1. The van der Waals surface area contributed by atoms with Crippen molar-refractivity contribution < 1.29 is 13.2 Å². The maximum Gasteiger partial charge on any atom is 0.256 e. The van der Waals surface area contributed by atoms with Crippen LogP contribution in [0.2, 0.25) is 0 Å². The van der Waals surface area contributed by atoms with Gasteiger partial charge in [-0.15, -0.1) is 0 Å². The standard InChI is InChI=1S/C26H29N5O3S2/c1-3-30(20-9-5-4-6-10-20)36(33,34)21-15-13-19(14-16-21)25(32)28-24-17-18(2)29-31(24)26-27-22-11-7-8-12-23(22)35-26/h7-8,11-17,20H,3-6,9-10H2,1-2H3,(H,28,32). The molecule has 2 heterocycles. The fourth-order valence-electron chi connectivity index (χ4n) is 4.78. The van der Waals surface area contributed by atoms with Crippen LogP contribution in [-0.4, -0.2) is 46.0 Å². The van der Waals surface area contributed by atoms with Gasteiger partial charge < -0.3 is 5.32 Å². The molecule has 1 fully saturated rings. The molecular weight excluding hydrogens is 494 g/mol. The number of benzene rings is 2. The zero-order chi connectivity index (χ0) is 25.3. The first kappa shape index (κ1) is 24.6. The van der Waals surface area contributed by atoms with Crippen LogP contribution in [0.15, 0.2) is 59.5 Å². The molecule has 4 aromatic rings. The first-order chi connectivity index (χ1) is 17.4. The topological polar surface area (TPSA) is 97.2 Å². The molecule has 8 nitrogen and oxygen atoms in total. The largest absolute Gasteiger partial charge is 0.306 e. The number of nitrogens with one attached hydrogen (secondary N) is 1. The van der Waals surface area contributed by atoms with Crippen LogP contribution in [0.4, 0.5) is 5.82 Å². The smallest absolute Gasteiger partial charge is 0.256 e. The van der Waals surface area contributed by atoms with Gasteiger partial charge in [-0.3, -0.25) is 4.79 Å². The highest BCUT2D eigenvalue weighted by Crippen LogP contribution is 2.29. The molecule has 0 spiro atoms. The quantitative estimate of drug-likeness (QED) is 0.350. The van der Waals surface area contributed by atoms with Crippen molar-refractivity contribution in [2.75, 3.05) is 11.9 Å². The van der Waals surface area contributed by atoms with Gasteiger partial charge in [0.25, 0.3) is 5.91 Å². The maximum atomic E-state index is 13.3. The van der Waals surface area contributed by atoms with Gasteiger partial charge >= 0.3 is 0 Å². The van der Waals surface area contributed by atoms with Gasteiger partial charge in [0.05, 0.1) is 20.8 Å². The first-order valence-corrected chi connectivity index (χ1v) is 14.5. The molecular formula is C26H29N5O3S2. The van der Waals surface area contributed by atoms with E-state index in [-0.39, 0.29) is 16.8 Å². The fraction of sp³-hybridized carbons (Fsp3) is 0.346. The van der Waals surface area contributed by atoms with Crippen molar-refractivity contribution in [1.82, 2.24) is 19.1 Å². The second-order valence-electron chi connectivity index (χ2n) is 9.03. The Morgan fingerprint density at radius 1 is 1.11 bits per heavy atom. The van der Waals surface area contributed by atoms with Gasteiger partial charge in [0, 0.05) is 24.2 Å². The molecule has 1 aliphatic carbocycles. The summed E-state index contributed by atoms with van der Waals surface area (Å²) in [5.74, 6) is 0.156. The molecule has 2 aromatic heterocycles. The predicted octanol–water partition coefficient (Wildman–Crippen LogP) is 5.39. The number of rotatable bonds is 7. The number of carbonyl (C=O) groups excluding carboxylic acids is 1. The maximum absolute atomic E-state index is 13.3. The van der Waals surface area contributed by atoms with E-state index >= 15 is 0 Å². The van der Waals surface area contributed by atoms with E-state index < -0.39 is 10.0 Å². The summed E-state index contributed by atoms with van der Waals surface area (Å²) in [5.41, 5.74) is 1.98. The molecule has 0 radical (unpaired) electrons. The summed E-state index contributed by atoms with van der Waals surface area (Å²) in [6.07, 6.45) is 5.08. The average Bonchev–Trinajstić information content (AvgIpc) is 3.48. The van der Waals surface area contributed by atoms with E-state index in [9.17, 15) is 13.2 Å². The highest BCUT2D eigenvalue weighted by Gasteiger charge is 2.31. The van der Waals surface area contributed by atoms with Gasteiger partial charge in [-0.1, -0.05) is 49.7 Å². The van der Waals surface area contributed by atoms with Crippen molar-refractivity contribution in [1.29, 1.82) is 0 Å². The summed E-state index contributed by atoms with van der Waals surface area (Å²) >= 11 is 1.49. The third-order valence-corrected chi connectivity index (χ3v) is 9.61. The third-order valence-electron chi connectivity index (χ3n) is 6.55. The van der Waals surface area contributed by atoms with Crippen molar-refractivity contribution in [3.05, 3.63) is 65.9 Å². The molecule has 1 saturated carbocycles. The van der Waals surface area contributed by atoms with Crippen molar-refractivity contribution in [3.63, 3.8) is 0 Å². The minimum absolute atomic E-state index is 0.0442. The lowest BCUT2D eigenvalue weighted by molar-refractivity contribution is 0.102. The lowest BCUT2D eigenvalue weighted by atomic mass is 9.95. The second kappa shape index (κ2) is 10.1. The van der Waals surface area contributed by atoms with Crippen LogP contribution in [0.25, 0.3) is 15.3 Å². The molecule has 0 bridgehead atoms. The Labute approximate surface area is 215 Å². The highest BCUT2D eigenvalue weighted by molar-refractivity contribution is 7.89. The molecule has 0 unspecified atom stereocenters. The number of carbonyl (C=O) groups is 1. The van der Waals surface area contributed by atoms with E-state index in [2.05, 4.69) is 15.4 Å². The molecule has 1 N–H and O–H groups in total. The van der Waals surface area contributed by atoms with Gasteiger partial charge in [-0.05, 0) is 56.2 Å². The molecule has 5 rings (SSSR count). The van der Waals surface area contributed by atoms with Gasteiger partial charge in [0.2, 0.25) is 15.2 Å². The number of anilines is 1. The van der Waals surface area contributed by atoms with Crippen LogP contribution < -0.4 is 5.32 Å². The lowest BCUT2D eigenvalue weighted by Crippen LogP contribution is -2.41. The number of hydrogen-bond acceptors (Lipinski definition) is 6. The summed E-state index contributed by atoms with van der Waals surface area (Å²) in [4.78, 5) is 17.9. The van der Waals surface area contributed by atoms with E-state index in [1.165, 1.54) is 23.5 Å². The Bertz CT molecular complexity index is 1450. The monoisotopic (exact) mass is 523 g/mol. The Balaban J connectivity index is 1.35. The zero-order valence-corrected chi connectivity index (χ0v) is 22.0. The predicted molar refractivity (Wildman–Crippen MR) is 142 cm³/mol. The lowest BCUT2D eigenvalue weighted by Gasteiger charge is -2.32. The molecule has 188 valence electrons. The molecule has 1 amide bonds. The van der Waals surface area contributed by atoms with Crippen molar-refractivity contribution in [3.8, 4) is 5.13 Å². The Hall–Kier alpha value is -3.08. The van der Waals surface area contributed by atoms with Crippen molar-refractivity contribution >= 4 is 43.3 Å². The SMILES string of the molecule is CCN(C1CCCCC1)S(=O)(=O)c1ccc(C(=O)Nc2cc(C)nn2-c2nc3ccccc3s2)cc1. The Morgan fingerprint density at radius 3 is 2.53 bits per heavy atom. The number of nitrogens with zero attached hydrogens (tertiary/aromatic N) is 4. The van der Waals surface area contributed by atoms with E-state index in [4.69, 9.17) is 0 Å². The average molecular weight is 524 g/mol. The number of para-hydroxylation sites is 1. The summed E-state index contributed by atoms with van der Waals surface area (Å²) in [6.45, 7) is 4.17. The molecule has 0 saturated heterocycles. The van der Waals surface area contributed by atoms with Crippen LogP contribution >= 0.6 is 11.3 Å². The Kier molecular flexibility index (Phi) is 6.92. The number of fused-ring (bicyclic) bond motifs is 1. The molecule has 2 aromatic carbocycles. The van der Waals surface area contributed by atoms with Crippen LogP contribution in [0, 0.1) is 6.92 Å². The Morgan fingerprint density at radius 2 is 1.83 bits per heavy atom. The second-order valence-corrected chi connectivity index (χ2v) is 11.9. The summed E-state index contributed by atoms with van der Waals surface area (Å²) in [7, 11) is -3.62. The van der Waals surface area contributed by atoms with Crippen molar-refractivity contribution in [2.45, 2.75) is 56.9 Å². The third kappa shape index (κ3) is 4.80. The van der Waals surface area contributed by atoms with E-state index in [0.717, 1.165) is 48.0 Å². The highest BCUT2D eigenvalue weighted by atomic mass is 32.2. The number of aryl methyl sites for hydroxylation is 1. The van der Waals surface area contributed by atoms with Gasteiger partial charge in [-0.2, -0.15) is 14.1 Å². The zero-order valence-electron chi connectivity index (χ0n) is 20.3. The molecule has 0 atom stereocenters. The fourth-order valence-corrected chi connectivity index (χ4v) is 7.41. The number of thiazole rings is 1. The van der Waals surface area contributed by atoms with Crippen LogP contribution in [0.3, 0.4) is 0 Å².